The Morgan fingerprint density at radius 2 is 2.00 bits per heavy atom. The van der Waals surface area contributed by atoms with Crippen LogP contribution in [0.15, 0.2) is 24.3 Å². The average molecular weight is 201 g/mol. The van der Waals surface area contributed by atoms with Gasteiger partial charge in [0.2, 0.25) is 5.92 Å². The molecule has 0 unspecified atom stereocenters. The molecular formula is C10H13F2NO. The summed E-state index contributed by atoms with van der Waals surface area (Å²) in [5.41, 5.74) is 1.39. The van der Waals surface area contributed by atoms with Crippen molar-refractivity contribution in [3.05, 3.63) is 35.4 Å². The van der Waals surface area contributed by atoms with Gasteiger partial charge in [0.05, 0.1) is 6.61 Å². The molecule has 0 spiro atoms. The fourth-order valence-corrected chi connectivity index (χ4v) is 1.28. The fraction of sp³-hybridized carbons (Fsp3) is 0.400. The molecule has 2 N–H and O–H groups in total. The second kappa shape index (κ2) is 4.48. The first-order valence-electron chi connectivity index (χ1n) is 4.28. The van der Waals surface area contributed by atoms with Crippen LogP contribution in [0, 0.1) is 0 Å². The standard InChI is InChI=1S/C10H13F2NO/c1-10(11,12)6-8-3-2-4-9(5-8)7-14-13/h2-5H,6-7,13H2,1H3. The number of alkyl halides is 2. The van der Waals surface area contributed by atoms with Crippen molar-refractivity contribution in [3.8, 4) is 0 Å². The lowest BCUT2D eigenvalue weighted by molar-refractivity contribution is 0.0225. The molecule has 0 bridgehead atoms. The van der Waals surface area contributed by atoms with Gasteiger partial charge in [-0.3, -0.25) is 4.84 Å². The van der Waals surface area contributed by atoms with Crippen molar-refractivity contribution in [2.75, 3.05) is 0 Å². The van der Waals surface area contributed by atoms with Crippen LogP contribution >= 0.6 is 0 Å². The quantitative estimate of drug-likeness (QED) is 0.758. The number of hydrogen-bond donors (Lipinski definition) is 1. The number of rotatable bonds is 4. The van der Waals surface area contributed by atoms with Crippen molar-refractivity contribution in [2.45, 2.75) is 25.9 Å². The molecule has 0 aliphatic rings. The van der Waals surface area contributed by atoms with E-state index in [1.54, 1.807) is 24.3 Å². The van der Waals surface area contributed by atoms with E-state index in [2.05, 4.69) is 4.84 Å². The smallest absolute Gasteiger partial charge is 0.249 e. The van der Waals surface area contributed by atoms with Crippen LogP contribution in [-0.2, 0) is 17.9 Å². The summed E-state index contributed by atoms with van der Waals surface area (Å²) in [5, 5.41) is 0. The summed E-state index contributed by atoms with van der Waals surface area (Å²) in [6, 6.07) is 6.83. The van der Waals surface area contributed by atoms with E-state index in [9.17, 15) is 8.78 Å². The fourth-order valence-electron chi connectivity index (χ4n) is 1.28. The Labute approximate surface area is 81.6 Å². The van der Waals surface area contributed by atoms with E-state index in [0.29, 0.717) is 5.56 Å². The molecular weight excluding hydrogens is 188 g/mol. The Bertz CT molecular complexity index is 296. The molecule has 2 nitrogen and oxygen atoms in total. The van der Waals surface area contributed by atoms with Crippen molar-refractivity contribution in [2.24, 2.45) is 5.90 Å². The van der Waals surface area contributed by atoms with Gasteiger partial charge < -0.3 is 0 Å². The van der Waals surface area contributed by atoms with E-state index < -0.39 is 5.92 Å². The second-order valence-electron chi connectivity index (χ2n) is 3.38. The van der Waals surface area contributed by atoms with E-state index >= 15 is 0 Å². The molecule has 1 aromatic carbocycles. The van der Waals surface area contributed by atoms with Gasteiger partial charge in [0.1, 0.15) is 0 Å². The molecule has 0 saturated carbocycles. The SMILES string of the molecule is CC(F)(F)Cc1cccc(CON)c1. The molecule has 0 atom stereocenters. The van der Waals surface area contributed by atoms with Crippen molar-refractivity contribution in [1.29, 1.82) is 0 Å². The largest absolute Gasteiger partial charge is 0.300 e. The Morgan fingerprint density at radius 1 is 1.36 bits per heavy atom. The monoisotopic (exact) mass is 201 g/mol. The van der Waals surface area contributed by atoms with Crippen molar-refractivity contribution < 1.29 is 13.6 Å². The molecule has 0 radical (unpaired) electrons. The summed E-state index contributed by atoms with van der Waals surface area (Å²) in [4.78, 5) is 4.43. The van der Waals surface area contributed by atoms with Crippen molar-refractivity contribution in [3.63, 3.8) is 0 Å². The summed E-state index contributed by atoms with van der Waals surface area (Å²) in [5.74, 6) is 2.21. The van der Waals surface area contributed by atoms with Gasteiger partial charge in [0.15, 0.2) is 0 Å². The lowest BCUT2D eigenvalue weighted by Gasteiger charge is -2.10. The van der Waals surface area contributed by atoms with Gasteiger partial charge in [-0.15, -0.1) is 0 Å². The summed E-state index contributed by atoms with van der Waals surface area (Å²) in [6.45, 7) is 1.14. The van der Waals surface area contributed by atoms with E-state index in [0.717, 1.165) is 12.5 Å². The summed E-state index contributed by atoms with van der Waals surface area (Å²) < 4.78 is 25.3. The number of benzene rings is 1. The number of hydrogen-bond acceptors (Lipinski definition) is 2. The third kappa shape index (κ3) is 3.81. The van der Waals surface area contributed by atoms with E-state index in [-0.39, 0.29) is 13.0 Å². The Hall–Kier alpha value is -1.00. The predicted octanol–water partition coefficient (Wildman–Crippen LogP) is 2.27. The Kier molecular flexibility index (Phi) is 3.55. The maximum Gasteiger partial charge on any atom is 0.249 e. The molecule has 0 aliphatic heterocycles. The molecule has 1 rings (SSSR count). The zero-order valence-electron chi connectivity index (χ0n) is 7.97. The van der Waals surface area contributed by atoms with Gasteiger partial charge in [0.25, 0.3) is 0 Å². The lowest BCUT2D eigenvalue weighted by atomic mass is 10.1. The molecule has 0 saturated heterocycles. The predicted molar refractivity (Wildman–Crippen MR) is 49.7 cm³/mol. The van der Waals surface area contributed by atoms with Crippen LogP contribution in [0.4, 0.5) is 8.78 Å². The molecule has 78 valence electrons. The zero-order valence-corrected chi connectivity index (χ0v) is 7.97. The van der Waals surface area contributed by atoms with Gasteiger partial charge >= 0.3 is 0 Å². The molecule has 0 heterocycles. The van der Waals surface area contributed by atoms with Crippen molar-refractivity contribution >= 4 is 0 Å². The molecule has 0 fully saturated rings. The topological polar surface area (TPSA) is 35.2 Å². The van der Waals surface area contributed by atoms with E-state index in [1.807, 2.05) is 0 Å². The van der Waals surface area contributed by atoms with Gasteiger partial charge in [0, 0.05) is 6.42 Å². The zero-order chi connectivity index (χ0) is 10.6. The van der Waals surface area contributed by atoms with Gasteiger partial charge in [-0.05, 0) is 18.1 Å². The maximum atomic E-state index is 12.7. The second-order valence-corrected chi connectivity index (χ2v) is 3.38. The summed E-state index contributed by atoms with van der Waals surface area (Å²) in [6.07, 6.45) is -0.259. The van der Waals surface area contributed by atoms with Crippen molar-refractivity contribution in [1.82, 2.24) is 0 Å². The number of halogens is 2. The normalized spacial score (nSPS) is 11.7. The van der Waals surface area contributed by atoms with Gasteiger partial charge in [-0.1, -0.05) is 24.3 Å². The first kappa shape index (κ1) is 11.1. The highest BCUT2D eigenvalue weighted by Crippen LogP contribution is 2.19. The summed E-state index contributed by atoms with van der Waals surface area (Å²) >= 11 is 0. The molecule has 1 aromatic rings. The van der Waals surface area contributed by atoms with Crippen LogP contribution < -0.4 is 5.90 Å². The van der Waals surface area contributed by atoms with Gasteiger partial charge in [-0.25, -0.2) is 14.7 Å². The van der Waals surface area contributed by atoms with Crippen LogP contribution in [-0.4, -0.2) is 5.92 Å². The lowest BCUT2D eigenvalue weighted by Crippen LogP contribution is -2.13. The molecule has 0 aliphatic carbocycles. The Balaban J connectivity index is 2.73. The number of nitrogens with two attached hydrogens (primary N) is 1. The third-order valence-corrected chi connectivity index (χ3v) is 1.76. The minimum atomic E-state index is -2.68. The van der Waals surface area contributed by atoms with Crippen LogP contribution in [0.3, 0.4) is 0 Å². The highest BCUT2D eigenvalue weighted by atomic mass is 19.3. The highest BCUT2D eigenvalue weighted by molar-refractivity contribution is 5.23. The van der Waals surface area contributed by atoms with Gasteiger partial charge in [-0.2, -0.15) is 0 Å². The highest BCUT2D eigenvalue weighted by Gasteiger charge is 2.21. The maximum absolute atomic E-state index is 12.7. The first-order chi connectivity index (χ1) is 6.51. The third-order valence-electron chi connectivity index (χ3n) is 1.76. The van der Waals surface area contributed by atoms with E-state index in [4.69, 9.17) is 5.90 Å². The molecule has 0 amide bonds. The average Bonchev–Trinajstić information content (AvgIpc) is 2.02. The molecule has 14 heavy (non-hydrogen) atoms. The van der Waals surface area contributed by atoms with Crippen LogP contribution in [0.1, 0.15) is 18.1 Å². The summed E-state index contributed by atoms with van der Waals surface area (Å²) in [7, 11) is 0. The molecule has 0 aromatic heterocycles. The van der Waals surface area contributed by atoms with Crippen LogP contribution in [0.5, 0.6) is 0 Å². The molecule has 4 heteroatoms. The van der Waals surface area contributed by atoms with Crippen LogP contribution in [0.25, 0.3) is 0 Å². The van der Waals surface area contributed by atoms with E-state index in [1.165, 1.54) is 0 Å². The van der Waals surface area contributed by atoms with Crippen LogP contribution in [0.2, 0.25) is 0 Å². The minimum absolute atomic E-state index is 0.239. The minimum Gasteiger partial charge on any atom is -0.300 e. The Morgan fingerprint density at radius 3 is 2.57 bits per heavy atom. The first-order valence-corrected chi connectivity index (χ1v) is 4.28.